The molecule has 0 heterocycles. The molecule has 0 unspecified atom stereocenters. The van der Waals surface area contributed by atoms with Crippen LogP contribution in [0.4, 0.5) is 14.9 Å². The molecule has 0 saturated heterocycles. The van der Waals surface area contributed by atoms with Crippen molar-refractivity contribution in [3.05, 3.63) is 75.6 Å². The minimum atomic E-state index is -1.32. The lowest BCUT2D eigenvalue weighted by molar-refractivity contribution is -0.385. The first-order valence-corrected chi connectivity index (χ1v) is 7.49. The van der Waals surface area contributed by atoms with Crippen LogP contribution in [-0.2, 0) is 16.1 Å². The van der Waals surface area contributed by atoms with E-state index in [4.69, 9.17) is 9.84 Å². The van der Waals surface area contributed by atoms with Gasteiger partial charge in [-0.25, -0.2) is 9.18 Å². The SMILES string of the molecule is O=C(O)C[C@H](NC(=O)OCc1ccccc1)c1cc([N+](=O)[O-])ccc1F. The van der Waals surface area contributed by atoms with Crippen LogP contribution >= 0.6 is 0 Å². The highest BCUT2D eigenvalue weighted by atomic mass is 19.1. The van der Waals surface area contributed by atoms with Gasteiger partial charge in [-0.3, -0.25) is 14.9 Å². The Labute approximate surface area is 147 Å². The number of hydrogen-bond acceptors (Lipinski definition) is 5. The molecule has 0 saturated carbocycles. The molecule has 0 aliphatic heterocycles. The second kappa shape index (κ2) is 8.56. The summed E-state index contributed by atoms with van der Waals surface area (Å²) in [6, 6.07) is 10.1. The van der Waals surface area contributed by atoms with Crippen LogP contribution in [0.1, 0.15) is 23.6 Å². The number of non-ortho nitro benzene ring substituents is 1. The molecule has 1 atom stereocenters. The summed E-state index contributed by atoms with van der Waals surface area (Å²) in [6.45, 7) is -0.0656. The van der Waals surface area contributed by atoms with Crippen molar-refractivity contribution in [3.8, 4) is 0 Å². The molecule has 0 aliphatic rings. The van der Waals surface area contributed by atoms with Crippen molar-refractivity contribution in [1.29, 1.82) is 0 Å². The molecule has 2 aromatic rings. The Hall–Kier alpha value is -3.49. The van der Waals surface area contributed by atoms with Gasteiger partial charge in [-0.2, -0.15) is 0 Å². The van der Waals surface area contributed by atoms with Crippen LogP contribution in [0.15, 0.2) is 48.5 Å². The zero-order chi connectivity index (χ0) is 19.1. The normalized spacial score (nSPS) is 11.4. The smallest absolute Gasteiger partial charge is 0.407 e. The maximum Gasteiger partial charge on any atom is 0.407 e. The van der Waals surface area contributed by atoms with E-state index in [2.05, 4.69) is 5.32 Å². The van der Waals surface area contributed by atoms with Crippen LogP contribution in [0, 0.1) is 15.9 Å². The van der Waals surface area contributed by atoms with Gasteiger partial charge >= 0.3 is 12.1 Å². The maximum atomic E-state index is 14.0. The Morgan fingerprint density at radius 1 is 1.23 bits per heavy atom. The first-order valence-electron chi connectivity index (χ1n) is 7.49. The standard InChI is InChI=1S/C17H15FN2O6/c18-14-7-6-12(20(24)25)8-13(14)15(9-16(21)22)19-17(23)26-10-11-4-2-1-3-5-11/h1-8,15H,9-10H2,(H,19,23)(H,21,22)/t15-/m0/s1. The van der Waals surface area contributed by atoms with E-state index < -0.39 is 41.0 Å². The summed E-state index contributed by atoms with van der Waals surface area (Å²) in [6.07, 6.45) is -1.63. The number of amides is 1. The van der Waals surface area contributed by atoms with E-state index in [-0.39, 0.29) is 12.2 Å². The highest BCUT2D eigenvalue weighted by Crippen LogP contribution is 2.25. The summed E-state index contributed by atoms with van der Waals surface area (Å²) < 4.78 is 19.0. The fraction of sp³-hybridized carbons (Fsp3) is 0.176. The van der Waals surface area contributed by atoms with Gasteiger partial charge in [0.2, 0.25) is 0 Å². The molecule has 1 amide bonds. The summed E-state index contributed by atoms with van der Waals surface area (Å²) in [7, 11) is 0. The van der Waals surface area contributed by atoms with Crippen LogP contribution in [0.5, 0.6) is 0 Å². The molecule has 0 bridgehead atoms. The number of carboxylic acids is 1. The predicted molar refractivity (Wildman–Crippen MR) is 87.8 cm³/mol. The molecule has 0 aromatic heterocycles. The van der Waals surface area contributed by atoms with E-state index in [0.29, 0.717) is 5.56 Å². The molecular weight excluding hydrogens is 347 g/mol. The third-order valence-corrected chi connectivity index (χ3v) is 3.45. The van der Waals surface area contributed by atoms with Gasteiger partial charge in [0, 0.05) is 17.7 Å². The Morgan fingerprint density at radius 2 is 1.92 bits per heavy atom. The monoisotopic (exact) mass is 362 g/mol. The summed E-state index contributed by atoms with van der Waals surface area (Å²) in [5, 5.41) is 22.1. The van der Waals surface area contributed by atoms with Crippen LogP contribution in [0.25, 0.3) is 0 Å². The number of hydrogen-bond donors (Lipinski definition) is 2. The molecule has 2 aromatic carbocycles. The van der Waals surface area contributed by atoms with E-state index in [1.807, 2.05) is 0 Å². The van der Waals surface area contributed by atoms with Gasteiger partial charge in [-0.05, 0) is 11.6 Å². The zero-order valence-electron chi connectivity index (χ0n) is 13.4. The highest BCUT2D eigenvalue weighted by molar-refractivity contribution is 5.72. The van der Waals surface area contributed by atoms with Gasteiger partial charge in [-0.1, -0.05) is 30.3 Å². The van der Waals surface area contributed by atoms with Crippen LogP contribution in [0.3, 0.4) is 0 Å². The van der Waals surface area contributed by atoms with Crippen molar-refractivity contribution in [2.75, 3.05) is 0 Å². The minimum Gasteiger partial charge on any atom is -0.481 e. The van der Waals surface area contributed by atoms with Gasteiger partial charge in [0.1, 0.15) is 12.4 Å². The summed E-state index contributed by atoms with van der Waals surface area (Å²) >= 11 is 0. The molecule has 0 fully saturated rings. The van der Waals surface area contributed by atoms with E-state index in [1.54, 1.807) is 30.3 Å². The fourth-order valence-electron chi connectivity index (χ4n) is 2.23. The van der Waals surface area contributed by atoms with Gasteiger partial charge in [0.15, 0.2) is 0 Å². The number of nitrogens with one attached hydrogen (secondary N) is 1. The van der Waals surface area contributed by atoms with Gasteiger partial charge in [0.25, 0.3) is 5.69 Å². The number of benzene rings is 2. The van der Waals surface area contributed by atoms with E-state index >= 15 is 0 Å². The van der Waals surface area contributed by atoms with Crippen molar-refractivity contribution >= 4 is 17.7 Å². The number of nitro benzene ring substituents is 1. The number of halogens is 1. The molecule has 9 heteroatoms. The van der Waals surface area contributed by atoms with Crippen LogP contribution in [-0.4, -0.2) is 22.1 Å². The average Bonchev–Trinajstić information content (AvgIpc) is 2.60. The second-order valence-corrected chi connectivity index (χ2v) is 5.32. The minimum absolute atomic E-state index is 0.0656. The summed E-state index contributed by atoms with van der Waals surface area (Å²) in [5.74, 6) is -2.19. The highest BCUT2D eigenvalue weighted by Gasteiger charge is 2.24. The van der Waals surface area contributed by atoms with Gasteiger partial charge < -0.3 is 15.2 Å². The molecule has 0 spiro atoms. The Balaban J connectivity index is 2.14. The third-order valence-electron chi connectivity index (χ3n) is 3.45. The molecule has 2 N–H and O–H groups in total. The largest absolute Gasteiger partial charge is 0.481 e. The Morgan fingerprint density at radius 3 is 2.54 bits per heavy atom. The number of ether oxygens (including phenoxy) is 1. The van der Waals surface area contributed by atoms with Crippen molar-refractivity contribution in [2.45, 2.75) is 19.1 Å². The van der Waals surface area contributed by atoms with E-state index in [9.17, 15) is 24.1 Å². The van der Waals surface area contributed by atoms with Gasteiger partial charge in [0.05, 0.1) is 17.4 Å². The lowest BCUT2D eigenvalue weighted by Crippen LogP contribution is -2.31. The van der Waals surface area contributed by atoms with Gasteiger partial charge in [-0.15, -0.1) is 0 Å². The molecule has 0 radical (unpaired) electrons. The number of carboxylic acid groups (broad SMARTS) is 1. The first kappa shape index (κ1) is 18.8. The predicted octanol–water partition coefficient (Wildman–Crippen LogP) is 3.18. The van der Waals surface area contributed by atoms with Crippen molar-refractivity contribution in [3.63, 3.8) is 0 Å². The molecular formula is C17H15FN2O6. The Bertz CT molecular complexity index is 812. The van der Waals surface area contributed by atoms with Crippen molar-refractivity contribution < 1.29 is 28.7 Å². The molecule has 136 valence electrons. The van der Waals surface area contributed by atoms with Crippen molar-refractivity contribution in [2.24, 2.45) is 0 Å². The summed E-state index contributed by atoms with van der Waals surface area (Å²) in [4.78, 5) is 33.1. The number of aliphatic carboxylic acids is 1. The number of alkyl carbamates (subject to hydrolysis) is 1. The van der Waals surface area contributed by atoms with E-state index in [1.165, 1.54) is 0 Å². The second-order valence-electron chi connectivity index (χ2n) is 5.32. The molecule has 2 rings (SSSR count). The zero-order valence-corrected chi connectivity index (χ0v) is 13.4. The van der Waals surface area contributed by atoms with E-state index in [0.717, 1.165) is 18.2 Å². The lowest BCUT2D eigenvalue weighted by atomic mass is 10.0. The fourth-order valence-corrected chi connectivity index (χ4v) is 2.23. The average molecular weight is 362 g/mol. The number of carbonyl (C=O) groups is 2. The van der Waals surface area contributed by atoms with Crippen LogP contribution in [0.2, 0.25) is 0 Å². The number of nitro groups is 1. The number of carbonyl (C=O) groups excluding carboxylic acids is 1. The molecule has 0 aliphatic carbocycles. The quantitative estimate of drug-likeness (QED) is 0.577. The van der Waals surface area contributed by atoms with Crippen LogP contribution < -0.4 is 5.32 Å². The topological polar surface area (TPSA) is 119 Å². The lowest BCUT2D eigenvalue weighted by Gasteiger charge is -2.18. The summed E-state index contributed by atoms with van der Waals surface area (Å²) in [5.41, 5.74) is -0.0199. The number of nitrogens with zero attached hydrogens (tertiary/aromatic N) is 1. The Kier molecular flexibility index (Phi) is 6.20. The molecule has 26 heavy (non-hydrogen) atoms. The first-order chi connectivity index (χ1) is 12.4. The third kappa shape index (κ3) is 5.26. The number of rotatable bonds is 7. The maximum absolute atomic E-state index is 14.0. The van der Waals surface area contributed by atoms with Crippen molar-refractivity contribution in [1.82, 2.24) is 5.32 Å². The molecule has 8 nitrogen and oxygen atoms in total.